The van der Waals surface area contributed by atoms with Crippen molar-refractivity contribution in [2.75, 3.05) is 12.4 Å². The molecule has 0 saturated heterocycles. The molecule has 6 nitrogen and oxygen atoms in total. The van der Waals surface area contributed by atoms with E-state index in [0.29, 0.717) is 24.0 Å². The number of carbonyl (C=O) groups is 1. The molecule has 2 heterocycles. The highest BCUT2D eigenvalue weighted by atomic mass is 32.2. The number of carbonyl (C=O) groups excluding carboxylic acids is 1. The number of hydrogen-bond acceptors (Lipinski definition) is 5. The average molecular weight is 348 g/mol. The number of rotatable bonds is 4. The van der Waals surface area contributed by atoms with Gasteiger partial charge in [0.15, 0.2) is 5.17 Å². The fourth-order valence-corrected chi connectivity index (χ4v) is 4.13. The number of esters is 1. The molecule has 1 aromatic rings. The summed E-state index contributed by atoms with van der Waals surface area (Å²) in [5.41, 5.74) is 7.12. The van der Waals surface area contributed by atoms with Crippen molar-refractivity contribution in [1.82, 2.24) is 10.4 Å². The second-order valence-electron chi connectivity index (χ2n) is 6.18. The third-order valence-electron chi connectivity index (χ3n) is 4.40. The summed E-state index contributed by atoms with van der Waals surface area (Å²) in [7, 11) is 0. The monoisotopic (exact) mass is 348 g/mol. The number of aryl methyl sites for hydroxylation is 2. The van der Waals surface area contributed by atoms with Crippen molar-refractivity contribution in [1.29, 1.82) is 0 Å². The van der Waals surface area contributed by atoms with Crippen LogP contribution in [0.1, 0.15) is 59.9 Å². The summed E-state index contributed by atoms with van der Waals surface area (Å²) in [4.78, 5) is 20.3. The van der Waals surface area contributed by atoms with Crippen LogP contribution in [0.2, 0.25) is 0 Å². The first-order chi connectivity index (χ1) is 11.6. The van der Waals surface area contributed by atoms with Gasteiger partial charge in [0.25, 0.3) is 0 Å². The lowest BCUT2D eigenvalue weighted by Gasteiger charge is -2.17. The van der Waals surface area contributed by atoms with Gasteiger partial charge in [-0.3, -0.25) is 10.4 Å². The molecular weight excluding hydrogens is 324 g/mol. The molecule has 0 atom stereocenters. The van der Waals surface area contributed by atoms with Gasteiger partial charge in [-0.1, -0.05) is 24.6 Å². The van der Waals surface area contributed by atoms with Gasteiger partial charge in [0, 0.05) is 22.7 Å². The number of ether oxygens (including phenoxy) is 1. The number of H-pyrrole nitrogens is 1. The van der Waals surface area contributed by atoms with Crippen molar-refractivity contribution in [2.45, 2.75) is 52.5 Å². The fourth-order valence-electron chi connectivity index (χ4n) is 3.31. The molecule has 1 aromatic heterocycles. The Kier molecular flexibility index (Phi) is 5.28. The van der Waals surface area contributed by atoms with Crippen molar-refractivity contribution in [3.05, 3.63) is 22.5 Å². The van der Waals surface area contributed by atoms with Crippen LogP contribution < -0.4 is 5.43 Å². The minimum atomic E-state index is -0.299. The third-order valence-corrected chi connectivity index (χ3v) is 5.29. The van der Waals surface area contributed by atoms with Gasteiger partial charge in [0.05, 0.1) is 23.9 Å². The minimum absolute atomic E-state index is 0.299. The molecule has 1 fully saturated rings. The Morgan fingerprint density at radius 1 is 1.33 bits per heavy atom. The highest BCUT2D eigenvalue weighted by Crippen LogP contribution is 2.26. The van der Waals surface area contributed by atoms with E-state index >= 15 is 0 Å². The zero-order valence-electron chi connectivity index (χ0n) is 14.4. The molecule has 1 aliphatic carbocycles. The van der Waals surface area contributed by atoms with Gasteiger partial charge in [-0.05, 0) is 33.6 Å². The van der Waals surface area contributed by atoms with E-state index in [2.05, 4.69) is 15.5 Å². The van der Waals surface area contributed by atoms with Crippen LogP contribution in [0.5, 0.6) is 0 Å². The first-order valence-corrected chi connectivity index (χ1v) is 9.48. The maximum absolute atomic E-state index is 12.3. The Morgan fingerprint density at radius 3 is 2.71 bits per heavy atom. The van der Waals surface area contributed by atoms with Crippen molar-refractivity contribution in [2.24, 2.45) is 10.1 Å². The lowest BCUT2D eigenvalue weighted by Crippen LogP contribution is -2.27. The molecule has 2 aliphatic rings. The topological polar surface area (TPSA) is 78.8 Å². The maximum atomic E-state index is 12.3. The highest BCUT2D eigenvalue weighted by Gasteiger charge is 2.26. The van der Waals surface area contributed by atoms with Crippen LogP contribution in [0.3, 0.4) is 0 Å². The molecule has 0 bridgehead atoms. The highest BCUT2D eigenvalue weighted by molar-refractivity contribution is 8.14. The summed E-state index contributed by atoms with van der Waals surface area (Å²) in [6.07, 6.45) is 4.88. The third kappa shape index (κ3) is 3.50. The lowest BCUT2D eigenvalue weighted by molar-refractivity contribution is 0.0525. The quantitative estimate of drug-likeness (QED) is 0.819. The molecule has 0 amide bonds. The zero-order chi connectivity index (χ0) is 17.1. The van der Waals surface area contributed by atoms with Crippen molar-refractivity contribution < 1.29 is 9.53 Å². The number of amidine groups is 1. The Hall–Kier alpha value is -1.76. The zero-order valence-corrected chi connectivity index (χ0v) is 15.3. The Morgan fingerprint density at radius 2 is 2.08 bits per heavy atom. The van der Waals surface area contributed by atoms with E-state index in [1.165, 1.54) is 25.7 Å². The van der Waals surface area contributed by atoms with E-state index in [1.807, 2.05) is 20.8 Å². The van der Waals surface area contributed by atoms with Gasteiger partial charge >= 0.3 is 5.97 Å². The standard InChI is InChI=1S/C17H24N4O2S/c1-4-23-16(22)15-11(3)18-10(2)14(15)13-9-24-17(21-20-13)19-12-7-5-6-8-12/h12,18H,4-9H2,1-3H3,(H,19,21). The van der Waals surface area contributed by atoms with E-state index in [9.17, 15) is 4.79 Å². The molecule has 130 valence electrons. The summed E-state index contributed by atoms with van der Waals surface area (Å²) in [6, 6.07) is 0.433. The normalized spacial score (nSPS) is 20.1. The van der Waals surface area contributed by atoms with Crippen LogP contribution in [-0.2, 0) is 4.74 Å². The largest absolute Gasteiger partial charge is 0.462 e. The van der Waals surface area contributed by atoms with Crippen molar-refractivity contribution >= 4 is 28.6 Å². The SMILES string of the molecule is CCOC(=O)c1c(C)[nH]c(C)c1C1=NNC(=NC2CCCC2)SC1. The number of aromatic amines is 1. The number of aromatic nitrogens is 1. The second-order valence-corrected chi connectivity index (χ2v) is 7.14. The van der Waals surface area contributed by atoms with Crippen molar-refractivity contribution in [3.8, 4) is 0 Å². The number of aliphatic imine (C=N–C) groups is 1. The van der Waals surface area contributed by atoms with Crippen molar-refractivity contribution in [3.63, 3.8) is 0 Å². The van der Waals surface area contributed by atoms with Gasteiger partial charge < -0.3 is 9.72 Å². The van der Waals surface area contributed by atoms with E-state index in [-0.39, 0.29) is 5.97 Å². The molecule has 7 heteroatoms. The average Bonchev–Trinajstić information content (AvgIpc) is 3.16. The Bertz CT molecular complexity index is 687. The molecular formula is C17H24N4O2S. The first-order valence-electron chi connectivity index (χ1n) is 8.50. The van der Waals surface area contributed by atoms with E-state index in [0.717, 1.165) is 27.8 Å². The number of hydrogen-bond donors (Lipinski definition) is 2. The molecule has 3 rings (SSSR count). The van der Waals surface area contributed by atoms with Crippen LogP contribution >= 0.6 is 11.8 Å². The van der Waals surface area contributed by atoms with Crippen LogP contribution in [0.25, 0.3) is 0 Å². The van der Waals surface area contributed by atoms with Crippen LogP contribution in [0, 0.1) is 13.8 Å². The summed E-state index contributed by atoms with van der Waals surface area (Å²) in [5, 5.41) is 5.37. The molecule has 0 aromatic carbocycles. The smallest absolute Gasteiger partial charge is 0.340 e. The van der Waals surface area contributed by atoms with Crippen LogP contribution in [0.15, 0.2) is 10.1 Å². The Labute approximate surface area is 146 Å². The second kappa shape index (κ2) is 7.42. The van der Waals surface area contributed by atoms with Gasteiger partial charge in [0.1, 0.15) is 0 Å². The summed E-state index contributed by atoms with van der Waals surface area (Å²) < 4.78 is 5.20. The number of hydrazone groups is 1. The molecule has 0 radical (unpaired) electrons. The number of thioether (sulfide) groups is 1. The van der Waals surface area contributed by atoms with Gasteiger partial charge in [-0.25, -0.2) is 4.79 Å². The Balaban J connectivity index is 1.82. The first kappa shape index (κ1) is 17.1. The molecule has 1 aliphatic heterocycles. The molecule has 24 heavy (non-hydrogen) atoms. The van der Waals surface area contributed by atoms with E-state index in [4.69, 9.17) is 9.73 Å². The molecule has 1 saturated carbocycles. The lowest BCUT2D eigenvalue weighted by atomic mass is 10.1. The van der Waals surface area contributed by atoms with Crippen LogP contribution in [-0.4, -0.2) is 40.2 Å². The summed E-state index contributed by atoms with van der Waals surface area (Å²) in [6.45, 7) is 6.02. The molecule has 0 spiro atoms. The summed E-state index contributed by atoms with van der Waals surface area (Å²) >= 11 is 1.65. The number of nitrogens with zero attached hydrogens (tertiary/aromatic N) is 2. The maximum Gasteiger partial charge on any atom is 0.340 e. The van der Waals surface area contributed by atoms with Gasteiger partial charge in [0.2, 0.25) is 0 Å². The minimum Gasteiger partial charge on any atom is -0.462 e. The fraction of sp³-hybridized carbons (Fsp3) is 0.588. The number of nitrogens with one attached hydrogen (secondary N) is 2. The van der Waals surface area contributed by atoms with E-state index in [1.54, 1.807) is 11.8 Å². The summed E-state index contributed by atoms with van der Waals surface area (Å²) in [5.74, 6) is 0.399. The predicted molar refractivity (Wildman–Crippen MR) is 98.0 cm³/mol. The molecule has 0 unspecified atom stereocenters. The van der Waals surface area contributed by atoms with Gasteiger partial charge in [-0.2, -0.15) is 5.10 Å². The molecule has 2 N–H and O–H groups in total. The van der Waals surface area contributed by atoms with Gasteiger partial charge in [-0.15, -0.1) is 0 Å². The predicted octanol–water partition coefficient (Wildman–Crippen LogP) is 3.15. The van der Waals surface area contributed by atoms with E-state index < -0.39 is 0 Å². The van der Waals surface area contributed by atoms with Crippen LogP contribution in [0.4, 0.5) is 0 Å².